The van der Waals surface area contributed by atoms with Gasteiger partial charge in [-0.05, 0) is 73.9 Å². The number of carbonyl (C=O) groups excluding carboxylic acids is 1. The van der Waals surface area contributed by atoms with Crippen LogP contribution in [0.2, 0.25) is 0 Å². The van der Waals surface area contributed by atoms with Crippen molar-refractivity contribution in [1.82, 2.24) is 5.32 Å². The topological polar surface area (TPSA) is 41.6 Å². The third kappa shape index (κ3) is 5.75. The number of anilines is 1. The lowest BCUT2D eigenvalue weighted by Crippen LogP contribution is -2.34. The molecule has 0 aromatic heterocycles. The molecule has 0 unspecified atom stereocenters. The molecular formula is C25H34N2O2. The number of nitrogens with zero attached hydrogens (tertiary/aromatic N) is 1. The molecule has 1 heterocycles. The second-order valence-corrected chi connectivity index (χ2v) is 8.38. The third-order valence-electron chi connectivity index (χ3n) is 5.89. The Labute approximate surface area is 175 Å². The molecule has 0 radical (unpaired) electrons. The SMILES string of the molecule is COc1ccc(CCC(=O)N[C@@H](C)c2ccc(N3CCC[C@H](C)C3)cc2)cc1C. The molecule has 1 amide bonds. The van der Waals surface area contributed by atoms with Crippen molar-refractivity contribution in [1.29, 1.82) is 0 Å². The minimum Gasteiger partial charge on any atom is -0.496 e. The highest BCUT2D eigenvalue weighted by Gasteiger charge is 2.17. The lowest BCUT2D eigenvalue weighted by atomic mass is 9.99. The first kappa shape index (κ1) is 21.2. The van der Waals surface area contributed by atoms with Crippen LogP contribution in [0.4, 0.5) is 5.69 Å². The van der Waals surface area contributed by atoms with Crippen LogP contribution >= 0.6 is 0 Å². The summed E-state index contributed by atoms with van der Waals surface area (Å²) in [5.74, 6) is 1.73. The molecule has 1 aliphatic rings. The van der Waals surface area contributed by atoms with Crippen molar-refractivity contribution in [3.63, 3.8) is 0 Å². The predicted molar refractivity (Wildman–Crippen MR) is 120 cm³/mol. The first-order chi connectivity index (χ1) is 14.0. The van der Waals surface area contributed by atoms with E-state index in [1.807, 2.05) is 26.0 Å². The Kier molecular flexibility index (Phi) is 7.18. The summed E-state index contributed by atoms with van der Waals surface area (Å²) in [6.45, 7) is 8.68. The average molecular weight is 395 g/mol. The van der Waals surface area contributed by atoms with Crippen molar-refractivity contribution in [3.05, 3.63) is 59.2 Å². The van der Waals surface area contributed by atoms with Crippen LogP contribution < -0.4 is 15.0 Å². The van der Waals surface area contributed by atoms with Crippen LogP contribution in [-0.2, 0) is 11.2 Å². The summed E-state index contributed by atoms with van der Waals surface area (Å²) in [7, 11) is 1.68. The summed E-state index contributed by atoms with van der Waals surface area (Å²) in [4.78, 5) is 14.9. The van der Waals surface area contributed by atoms with Gasteiger partial charge in [0, 0.05) is 25.2 Å². The van der Waals surface area contributed by atoms with Crippen molar-refractivity contribution >= 4 is 11.6 Å². The first-order valence-corrected chi connectivity index (χ1v) is 10.7. The van der Waals surface area contributed by atoms with E-state index in [1.54, 1.807) is 7.11 Å². The minimum atomic E-state index is 0.00873. The quantitative estimate of drug-likeness (QED) is 0.714. The number of methoxy groups -OCH3 is 1. The van der Waals surface area contributed by atoms with Crippen molar-refractivity contribution in [3.8, 4) is 5.75 Å². The Morgan fingerprint density at radius 3 is 2.66 bits per heavy atom. The largest absolute Gasteiger partial charge is 0.496 e. The van der Waals surface area contributed by atoms with Crippen LogP contribution in [0.1, 0.15) is 55.8 Å². The molecular weight excluding hydrogens is 360 g/mol. The van der Waals surface area contributed by atoms with Gasteiger partial charge in [-0.3, -0.25) is 4.79 Å². The lowest BCUT2D eigenvalue weighted by Gasteiger charge is -2.33. The molecule has 1 aliphatic heterocycles. The number of amides is 1. The minimum absolute atomic E-state index is 0.00873. The zero-order valence-electron chi connectivity index (χ0n) is 18.2. The van der Waals surface area contributed by atoms with Crippen LogP contribution in [0.15, 0.2) is 42.5 Å². The summed E-state index contributed by atoms with van der Waals surface area (Å²) >= 11 is 0. The molecule has 156 valence electrons. The Morgan fingerprint density at radius 2 is 2.00 bits per heavy atom. The van der Waals surface area contributed by atoms with Gasteiger partial charge in [-0.25, -0.2) is 0 Å². The predicted octanol–water partition coefficient (Wildman–Crippen LogP) is 5.05. The van der Waals surface area contributed by atoms with Gasteiger partial charge in [-0.15, -0.1) is 0 Å². The maximum atomic E-state index is 12.4. The number of hydrogen-bond acceptors (Lipinski definition) is 3. The van der Waals surface area contributed by atoms with Crippen molar-refractivity contribution in [2.45, 2.75) is 52.5 Å². The molecule has 1 saturated heterocycles. The summed E-state index contributed by atoms with van der Waals surface area (Å²) in [6.07, 6.45) is 3.81. The molecule has 3 rings (SSSR count). The Balaban J connectivity index is 1.50. The average Bonchev–Trinajstić information content (AvgIpc) is 2.72. The van der Waals surface area contributed by atoms with E-state index in [4.69, 9.17) is 4.74 Å². The number of ether oxygens (including phenoxy) is 1. The third-order valence-corrected chi connectivity index (χ3v) is 5.89. The number of aryl methyl sites for hydroxylation is 2. The molecule has 2 aromatic carbocycles. The number of nitrogens with one attached hydrogen (secondary N) is 1. The Hall–Kier alpha value is -2.49. The van der Waals surface area contributed by atoms with Crippen LogP contribution in [0, 0.1) is 12.8 Å². The monoisotopic (exact) mass is 394 g/mol. The van der Waals surface area contributed by atoms with Crippen LogP contribution in [0.5, 0.6) is 5.75 Å². The Morgan fingerprint density at radius 1 is 1.24 bits per heavy atom. The normalized spacial score (nSPS) is 17.7. The molecule has 1 fully saturated rings. The highest BCUT2D eigenvalue weighted by Crippen LogP contribution is 2.25. The maximum absolute atomic E-state index is 12.4. The van der Waals surface area contributed by atoms with Crippen molar-refractivity contribution < 1.29 is 9.53 Å². The highest BCUT2D eigenvalue weighted by molar-refractivity contribution is 5.76. The fourth-order valence-corrected chi connectivity index (χ4v) is 4.15. The summed E-state index contributed by atoms with van der Waals surface area (Å²) in [6, 6.07) is 14.8. The van der Waals surface area contributed by atoms with Gasteiger partial charge >= 0.3 is 0 Å². The summed E-state index contributed by atoms with van der Waals surface area (Å²) < 4.78 is 5.30. The number of piperidine rings is 1. The van der Waals surface area contributed by atoms with Gasteiger partial charge < -0.3 is 15.0 Å². The number of rotatable bonds is 7. The van der Waals surface area contributed by atoms with E-state index >= 15 is 0 Å². The smallest absolute Gasteiger partial charge is 0.220 e. The second-order valence-electron chi connectivity index (χ2n) is 8.38. The van der Waals surface area contributed by atoms with Gasteiger partial charge in [0.05, 0.1) is 13.2 Å². The van der Waals surface area contributed by atoms with Crippen molar-refractivity contribution in [2.75, 3.05) is 25.1 Å². The van der Waals surface area contributed by atoms with Gasteiger partial charge in [0.1, 0.15) is 5.75 Å². The number of hydrogen-bond donors (Lipinski definition) is 1. The molecule has 0 spiro atoms. The van der Waals surface area contributed by atoms with Crippen molar-refractivity contribution in [2.24, 2.45) is 5.92 Å². The molecule has 1 N–H and O–H groups in total. The fourth-order valence-electron chi connectivity index (χ4n) is 4.15. The van der Waals surface area contributed by atoms with E-state index in [-0.39, 0.29) is 11.9 Å². The second kappa shape index (κ2) is 9.82. The lowest BCUT2D eigenvalue weighted by molar-refractivity contribution is -0.121. The van der Waals surface area contributed by atoms with Gasteiger partial charge in [0.25, 0.3) is 0 Å². The van der Waals surface area contributed by atoms with Gasteiger partial charge in [0.15, 0.2) is 0 Å². The van der Waals surface area contributed by atoms with Gasteiger partial charge in [-0.2, -0.15) is 0 Å². The van der Waals surface area contributed by atoms with Crippen LogP contribution in [0.3, 0.4) is 0 Å². The zero-order valence-corrected chi connectivity index (χ0v) is 18.2. The van der Waals surface area contributed by atoms with E-state index in [0.717, 1.165) is 47.9 Å². The molecule has 0 bridgehead atoms. The fraction of sp³-hybridized carbons (Fsp3) is 0.480. The van der Waals surface area contributed by atoms with E-state index in [1.165, 1.54) is 18.5 Å². The first-order valence-electron chi connectivity index (χ1n) is 10.7. The molecule has 0 saturated carbocycles. The number of carbonyl (C=O) groups is 1. The molecule has 4 nitrogen and oxygen atoms in total. The van der Waals surface area contributed by atoms with Crippen LogP contribution in [0.25, 0.3) is 0 Å². The maximum Gasteiger partial charge on any atom is 0.220 e. The molecule has 4 heteroatoms. The summed E-state index contributed by atoms with van der Waals surface area (Å²) in [5, 5.41) is 3.13. The zero-order chi connectivity index (χ0) is 20.8. The molecule has 0 aliphatic carbocycles. The van der Waals surface area contributed by atoms with E-state index in [2.05, 4.69) is 47.5 Å². The van der Waals surface area contributed by atoms with E-state index < -0.39 is 0 Å². The molecule has 2 aromatic rings. The standard InChI is InChI=1S/C25H34N2O2/c1-18-6-5-15-27(17-18)23-11-9-22(10-12-23)20(3)26-25(28)14-8-21-7-13-24(29-4)19(2)16-21/h7,9-13,16,18,20H,5-6,8,14-15,17H2,1-4H3,(H,26,28)/t18-,20-/m0/s1. The van der Waals surface area contributed by atoms with Gasteiger partial charge in [0.2, 0.25) is 5.91 Å². The highest BCUT2D eigenvalue weighted by atomic mass is 16.5. The summed E-state index contributed by atoms with van der Waals surface area (Å²) in [5.41, 5.74) is 4.69. The molecule has 2 atom stereocenters. The molecule has 29 heavy (non-hydrogen) atoms. The van der Waals surface area contributed by atoms with Crippen LogP contribution in [-0.4, -0.2) is 26.1 Å². The number of benzene rings is 2. The van der Waals surface area contributed by atoms with E-state index in [9.17, 15) is 4.79 Å². The Bertz CT molecular complexity index is 816. The van der Waals surface area contributed by atoms with E-state index in [0.29, 0.717) is 6.42 Å². The van der Waals surface area contributed by atoms with Gasteiger partial charge in [-0.1, -0.05) is 31.2 Å².